The summed E-state index contributed by atoms with van der Waals surface area (Å²) in [6.45, 7) is 0.850. The van der Waals surface area contributed by atoms with Crippen molar-refractivity contribution in [2.75, 3.05) is 27.4 Å². The maximum atomic E-state index is 13.1. The Labute approximate surface area is 185 Å². The number of amides is 1. The van der Waals surface area contributed by atoms with Gasteiger partial charge in [-0.15, -0.1) is 0 Å². The number of hydrogen-bond donors (Lipinski definition) is 2. The highest BCUT2D eigenvalue weighted by Gasteiger charge is 2.47. The number of nitrogens with zero attached hydrogens (tertiary/aromatic N) is 1. The van der Waals surface area contributed by atoms with Crippen LogP contribution in [-0.2, 0) is 14.3 Å². The summed E-state index contributed by atoms with van der Waals surface area (Å²) in [5.41, 5.74) is 0.898. The molecule has 2 aromatic carbocycles. The fourth-order valence-corrected chi connectivity index (χ4v) is 4.22. The summed E-state index contributed by atoms with van der Waals surface area (Å²) < 4.78 is 16.2. The summed E-state index contributed by atoms with van der Waals surface area (Å²) in [4.78, 5) is 27.5. The van der Waals surface area contributed by atoms with E-state index in [1.54, 1.807) is 30.3 Å². The van der Waals surface area contributed by atoms with Crippen LogP contribution in [0, 0.1) is 0 Å². The minimum Gasteiger partial charge on any atom is -0.508 e. The first-order valence-electron chi connectivity index (χ1n) is 10.4. The van der Waals surface area contributed by atoms with Gasteiger partial charge in [0.2, 0.25) is 0 Å². The Hall–Kier alpha value is -3.52. The Morgan fingerprint density at radius 2 is 1.81 bits per heavy atom. The molecule has 4 rings (SSSR count). The van der Waals surface area contributed by atoms with Gasteiger partial charge in [-0.25, -0.2) is 0 Å². The van der Waals surface area contributed by atoms with Crippen LogP contribution in [0.2, 0.25) is 0 Å². The van der Waals surface area contributed by atoms with Gasteiger partial charge in [0.1, 0.15) is 11.5 Å². The monoisotopic (exact) mass is 439 g/mol. The van der Waals surface area contributed by atoms with E-state index < -0.39 is 17.7 Å². The summed E-state index contributed by atoms with van der Waals surface area (Å²) >= 11 is 0. The van der Waals surface area contributed by atoms with Gasteiger partial charge in [0, 0.05) is 18.7 Å². The Balaban J connectivity index is 1.83. The van der Waals surface area contributed by atoms with E-state index in [-0.39, 0.29) is 29.7 Å². The van der Waals surface area contributed by atoms with Crippen molar-refractivity contribution in [2.45, 2.75) is 25.0 Å². The van der Waals surface area contributed by atoms with Crippen molar-refractivity contribution in [3.63, 3.8) is 0 Å². The number of carbonyl (C=O) groups excluding carboxylic acids is 2. The van der Waals surface area contributed by atoms with Gasteiger partial charge in [0.05, 0.1) is 31.9 Å². The zero-order valence-corrected chi connectivity index (χ0v) is 17.9. The minimum absolute atomic E-state index is 0.0223. The molecule has 2 heterocycles. The van der Waals surface area contributed by atoms with Crippen LogP contribution >= 0.6 is 0 Å². The predicted octanol–water partition coefficient (Wildman–Crippen LogP) is 3.01. The topological polar surface area (TPSA) is 106 Å². The Bertz CT molecular complexity index is 1050. The molecule has 2 aromatic rings. The molecule has 2 N–H and O–H groups in total. The second kappa shape index (κ2) is 8.92. The molecule has 8 nitrogen and oxygen atoms in total. The number of Topliss-reactive ketones (excluding diaryl/α,β-unsaturated/α-hetero) is 1. The highest BCUT2D eigenvalue weighted by atomic mass is 16.5. The van der Waals surface area contributed by atoms with Crippen LogP contribution in [0.15, 0.2) is 48.0 Å². The summed E-state index contributed by atoms with van der Waals surface area (Å²) in [6, 6.07) is 10.2. The van der Waals surface area contributed by atoms with Crippen molar-refractivity contribution in [1.82, 2.24) is 4.90 Å². The third-order valence-electron chi connectivity index (χ3n) is 5.83. The lowest BCUT2D eigenvalue weighted by Crippen LogP contribution is -2.36. The van der Waals surface area contributed by atoms with Gasteiger partial charge in [0.15, 0.2) is 11.5 Å². The summed E-state index contributed by atoms with van der Waals surface area (Å²) in [7, 11) is 2.97. The number of phenols is 1. The molecule has 2 aliphatic rings. The van der Waals surface area contributed by atoms with E-state index in [2.05, 4.69) is 0 Å². The second-order valence-electron chi connectivity index (χ2n) is 7.75. The van der Waals surface area contributed by atoms with Gasteiger partial charge < -0.3 is 29.3 Å². The van der Waals surface area contributed by atoms with Gasteiger partial charge in [-0.3, -0.25) is 9.59 Å². The zero-order chi connectivity index (χ0) is 22.8. The van der Waals surface area contributed by atoms with Gasteiger partial charge in [-0.05, 0) is 48.7 Å². The molecule has 0 bridgehead atoms. The number of aromatic hydroxyl groups is 1. The molecule has 2 aliphatic heterocycles. The van der Waals surface area contributed by atoms with Crippen molar-refractivity contribution in [3.05, 3.63) is 59.2 Å². The normalized spacial score (nSPS) is 22.4. The lowest BCUT2D eigenvalue weighted by molar-refractivity contribution is -0.140. The van der Waals surface area contributed by atoms with Crippen molar-refractivity contribution < 1.29 is 34.0 Å². The number of aliphatic hydroxyl groups is 1. The van der Waals surface area contributed by atoms with E-state index >= 15 is 0 Å². The van der Waals surface area contributed by atoms with Crippen molar-refractivity contribution >= 4 is 17.4 Å². The molecule has 0 radical (unpaired) electrons. The molecular formula is C24H25NO7. The average molecular weight is 439 g/mol. The quantitative estimate of drug-likeness (QED) is 0.405. The first-order chi connectivity index (χ1) is 15.4. The van der Waals surface area contributed by atoms with Crippen LogP contribution in [0.3, 0.4) is 0 Å². The van der Waals surface area contributed by atoms with Crippen LogP contribution in [0.1, 0.15) is 30.0 Å². The molecule has 2 atom stereocenters. The van der Waals surface area contributed by atoms with Gasteiger partial charge >= 0.3 is 0 Å². The number of phenolic OH excluding ortho intramolecular Hbond substituents is 1. The molecule has 1 amide bonds. The minimum atomic E-state index is -0.812. The molecule has 0 aromatic heterocycles. The standard InChI is InChI=1S/C24H25NO7/c1-30-18-10-7-15(12-19(18)31-2)22(27)20-21(14-5-8-16(26)9-6-14)25(24(29)23(20)28)13-17-4-3-11-32-17/h5-10,12,17,21,26-27H,3-4,11,13H2,1-2H3/b22-20-. The highest BCUT2D eigenvalue weighted by Crippen LogP contribution is 2.41. The Morgan fingerprint density at radius 3 is 2.44 bits per heavy atom. The highest BCUT2D eigenvalue weighted by molar-refractivity contribution is 6.46. The third kappa shape index (κ3) is 3.89. The lowest BCUT2D eigenvalue weighted by atomic mass is 9.95. The number of hydrogen-bond acceptors (Lipinski definition) is 7. The van der Waals surface area contributed by atoms with E-state index in [1.807, 2.05) is 0 Å². The largest absolute Gasteiger partial charge is 0.508 e. The predicted molar refractivity (Wildman–Crippen MR) is 116 cm³/mol. The molecule has 8 heteroatoms. The number of benzene rings is 2. The van der Waals surface area contributed by atoms with Crippen LogP contribution in [0.5, 0.6) is 17.2 Å². The molecule has 32 heavy (non-hydrogen) atoms. The Kier molecular flexibility index (Phi) is 6.05. The molecule has 0 saturated carbocycles. The number of methoxy groups -OCH3 is 2. The SMILES string of the molecule is COc1ccc(/C(O)=C2/C(=O)C(=O)N(CC3CCCO3)C2c2ccc(O)cc2)cc1OC. The fraction of sp³-hybridized carbons (Fsp3) is 0.333. The maximum absolute atomic E-state index is 13.1. The Morgan fingerprint density at radius 1 is 1.09 bits per heavy atom. The lowest BCUT2D eigenvalue weighted by Gasteiger charge is -2.27. The van der Waals surface area contributed by atoms with E-state index in [0.29, 0.717) is 29.2 Å². The number of carbonyl (C=O) groups is 2. The van der Waals surface area contributed by atoms with Gasteiger partial charge in [0.25, 0.3) is 11.7 Å². The first kappa shape index (κ1) is 21.7. The number of likely N-dealkylation sites (tertiary alicyclic amines) is 1. The smallest absolute Gasteiger partial charge is 0.295 e. The average Bonchev–Trinajstić information content (AvgIpc) is 3.41. The van der Waals surface area contributed by atoms with Gasteiger partial charge in [-0.2, -0.15) is 0 Å². The van der Waals surface area contributed by atoms with Gasteiger partial charge in [-0.1, -0.05) is 12.1 Å². The van der Waals surface area contributed by atoms with E-state index in [4.69, 9.17) is 14.2 Å². The number of ether oxygens (including phenoxy) is 3. The van der Waals surface area contributed by atoms with Crippen LogP contribution in [0.4, 0.5) is 0 Å². The second-order valence-corrected chi connectivity index (χ2v) is 7.75. The molecule has 2 unspecified atom stereocenters. The molecule has 2 saturated heterocycles. The molecule has 0 aliphatic carbocycles. The molecule has 168 valence electrons. The number of rotatable bonds is 6. The summed E-state index contributed by atoms with van der Waals surface area (Å²) in [5.74, 6) is -0.861. The first-order valence-corrected chi connectivity index (χ1v) is 10.4. The maximum Gasteiger partial charge on any atom is 0.295 e. The van der Waals surface area contributed by atoms with E-state index in [0.717, 1.165) is 12.8 Å². The number of aliphatic hydroxyl groups excluding tert-OH is 1. The molecular weight excluding hydrogens is 414 g/mol. The summed E-state index contributed by atoms with van der Waals surface area (Å²) in [6.07, 6.45) is 1.51. The molecule has 0 spiro atoms. The van der Waals surface area contributed by atoms with Crippen molar-refractivity contribution in [3.8, 4) is 17.2 Å². The van der Waals surface area contributed by atoms with Crippen LogP contribution < -0.4 is 9.47 Å². The molecule has 2 fully saturated rings. The van der Waals surface area contributed by atoms with Crippen molar-refractivity contribution in [2.24, 2.45) is 0 Å². The fourth-order valence-electron chi connectivity index (χ4n) is 4.22. The number of ketones is 1. The zero-order valence-electron chi connectivity index (χ0n) is 17.9. The van der Waals surface area contributed by atoms with Crippen molar-refractivity contribution in [1.29, 1.82) is 0 Å². The van der Waals surface area contributed by atoms with E-state index in [9.17, 15) is 19.8 Å². The third-order valence-corrected chi connectivity index (χ3v) is 5.83. The summed E-state index contributed by atoms with van der Waals surface area (Å²) in [5, 5.41) is 20.9. The van der Waals surface area contributed by atoms with Crippen LogP contribution in [-0.4, -0.2) is 60.3 Å². The van der Waals surface area contributed by atoms with E-state index in [1.165, 1.54) is 31.3 Å². The van der Waals surface area contributed by atoms with Crippen LogP contribution in [0.25, 0.3) is 5.76 Å².